The van der Waals surface area contributed by atoms with Gasteiger partial charge < -0.3 is 15.0 Å². The lowest BCUT2D eigenvalue weighted by molar-refractivity contribution is -0.134. The largest absolute Gasteiger partial charge is 0.497 e. The Morgan fingerprint density at radius 2 is 1.80 bits per heavy atom. The predicted octanol–water partition coefficient (Wildman–Crippen LogP) is 5.25. The normalized spacial score (nSPS) is 11.3. The molecule has 3 rings (SSSR count). The monoisotopic (exact) mass is 496 g/mol. The number of hydrogen-bond donors (Lipinski definition) is 1. The van der Waals surface area contributed by atoms with Crippen LogP contribution in [0.1, 0.15) is 45.4 Å². The summed E-state index contributed by atoms with van der Waals surface area (Å²) < 4.78 is 6.82. The van der Waals surface area contributed by atoms with Crippen molar-refractivity contribution in [3.63, 3.8) is 0 Å². The SMILES string of the molecule is CCCN(CC(=O)Nc1cc(C(C)(C)C)nn1-c1ccccc1Cl)C(=O)Cc1ccc(OC)cc1. The first kappa shape index (κ1) is 26.3. The fraction of sp³-hybridized carbons (Fsp3) is 0.370. The smallest absolute Gasteiger partial charge is 0.245 e. The Hall–Kier alpha value is -3.32. The Balaban J connectivity index is 1.78. The summed E-state index contributed by atoms with van der Waals surface area (Å²) in [6.45, 7) is 8.57. The van der Waals surface area contributed by atoms with E-state index in [-0.39, 0.29) is 30.2 Å². The van der Waals surface area contributed by atoms with E-state index in [1.54, 1.807) is 22.8 Å². The highest BCUT2D eigenvalue weighted by Crippen LogP contribution is 2.29. The molecule has 2 aromatic carbocycles. The molecule has 0 radical (unpaired) electrons. The first-order chi connectivity index (χ1) is 16.6. The van der Waals surface area contributed by atoms with Gasteiger partial charge in [-0.05, 0) is 36.2 Å². The van der Waals surface area contributed by atoms with Crippen LogP contribution in [-0.4, -0.2) is 46.7 Å². The van der Waals surface area contributed by atoms with Gasteiger partial charge in [0.25, 0.3) is 0 Å². The van der Waals surface area contributed by atoms with Crippen molar-refractivity contribution >= 4 is 29.2 Å². The van der Waals surface area contributed by atoms with Crippen molar-refractivity contribution in [3.8, 4) is 11.4 Å². The lowest BCUT2D eigenvalue weighted by atomic mass is 9.92. The molecule has 0 aliphatic rings. The van der Waals surface area contributed by atoms with Gasteiger partial charge in [0.1, 0.15) is 11.6 Å². The zero-order chi connectivity index (χ0) is 25.6. The number of anilines is 1. The van der Waals surface area contributed by atoms with E-state index in [4.69, 9.17) is 21.4 Å². The molecule has 0 unspecified atom stereocenters. The van der Waals surface area contributed by atoms with Gasteiger partial charge in [-0.25, -0.2) is 4.68 Å². The highest BCUT2D eigenvalue weighted by Gasteiger charge is 2.23. The van der Waals surface area contributed by atoms with Crippen LogP contribution >= 0.6 is 11.6 Å². The van der Waals surface area contributed by atoms with E-state index < -0.39 is 0 Å². The van der Waals surface area contributed by atoms with Crippen LogP contribution in [0.4, 0.5) is 5.82 Å². The molecule has 0 saturated heterocycles. The standard InChI is InChI=1S/C27H33ClN4O3/c1-6-15-31(26(34)16-19-11-13-20(35-5)14-12-19)18-25(33)29-24-17-23(27(2,3)4)30-32(24)22-10-8-7-9-21(22)28/h7-14,17H,6,15-16,18H2,1-5H3,(H,29,33). The van der Waals surface area contributed by atoms with Crippen molar-refractivity contribution in [2.45, 2.75) is 46.0 Å². The summed E-state index contributed by atoms with van der Waals surface area (Å²) in [6, 6.07) is 16.5. The zero-order valence-electron chi connectivity index (χ0n) is 21.0. The Morgan fingerprint density at radius 1 is 1.11 bits per heavy atom. The molecule has 1 heterocycles. The summed E-state index contributed by atoms with van der Waals surface area (Å²) in [4.78, 5) is 27.6. The summed E-state index contributed by atoms with van der Waals surface area (Å²) >= 11 is 6.42. The number of hydrogen-bond acceptors (Lipinski definition) is 4. The first-order valence-corrected chi connectivity index (χ1v) is 12.1. The van der Waals surface area contributed by atoms with Gasteiger partial charge in [0.15, 0.2) is 0 Å². The number of carbonyl (C=O) groups is 2. The number of rotatable bonds is 9. The molecule has 2 amide bonds. The molecule has 0 spiro atoms. The fourth-order valence-electron chi connectivity index (χ4n) is 3.59. The molecule has 186 valence electrons. The molecule has 7 nitrogen and oxygen atoms in total. The van der Waals surface area contributed by atoms with E-state index in [1.165, 1.54) is 0 Å². The summed E-state index contributed by atoms with van der Waals surface area (Å²) in [5.74, 6) is 0.833. The van der Waals surface area contributed by atoms with Gasteiger partial charge in [-0.3, -0.25) is 9.59 Å². The fourth-order valence-corrected chi connectivity index (χ4v) is 3.81. The highest BCUT2D eigenvalue weighted by atomic mass is 35.5. The maximum atomic E-state index is 13.1. The molecule has 0 aliphatic carbocycles. The maximum absolute atomic E-state index is 13.1. The Morgan fingerprint density at radius 3 is 2.40 bits per heavy atom. The summed E-state index contributed by atoms with van der Waals surface area (Å²) in [6.07, 6.45) is 0.955. The summed E-state index contributed by atoms with van der Waals surface area (Å²) in [7, 11) is 1.60. The predicted molar refractivity (Wildman–Crippen MR) is 139 cm³/mol. The van der Waals surface area contributed by atoms with Gasteiger partial charge in [-0.2, -0.15) is 5.10 Å². The second-order valence-corrected chi connectivity index (χ2v) is 9.82. The summed E-state index contributed by atoms with van der Waals surface area (Å²) in [5, 5.41) is 8.18. The average Bonchev–Trinajstić information content (AvgIpc) is 3.23. The number of carbonyl (C=O) groups excluding carboxylic acids is 2. The van der Waals surface area contributed by atoms with Crippen LogP contribution in [0.3, 0.4) is 0 Å². The van der Waals surface area contributed by atoms with Gasteiger partial charge in [0.05, 0.1) is 36.5 Å². The molecule has 8 heteroatoms. The van der Waals surface area contributed by atoms with E-state index in [9.17, 15) is 9.59 Å². The number of methoxy groups -OCH3 is 1. The van der Waals surface area contributed by atoms with E-state index in [0.29, 0.717) is 23.1 Å². The van der Waals surface area contributed by atoms with E-state index >= 15 is 0 Å². The lowest BCUT2D eigenvalue weighted by Crippen LogP contribution is -2.39. The number of ether oxygens (including phenoxy) is 1. The molecule has 0 saturated carbocycles. The number of aromatic nitrogens is 2. The number of amides is 2. The minimum atomic E-state index is -0.296. The first-order valence-electron chi connectivity index (χ1n) is 11.7. The van der Waals surface area contributed by atoms with Crippen LogP contribution in [0.15, 0.2) is 54.6 Å². The second kappa shape index (κ2) is 11.4. The number of nitrogens with one attached hydrogen (secondary N) is 1. The molecular weight excluding hydrogens is 464 g/mol. The third kappa shape index (κ3) is 6.85. The van der Waals surface area contributed by atoms with Crippen molar-refractivity contribution in [2.75, 3.05) is 25.5 Å². The molecule has 35 heavy (non-hydrogen) atoms. The van der Waals surface area contributed by atoms with Crippen LogP contribution < -0.4 is 10.1 Å². The Labute approximate surface area is 212 Å². The highest BCUT2D eigenvalue weighted by molar-refractivity contribution is 6.32. The minimum Gasteiger partial charge on any atom is -0.497 e. The van der Waals surface area contributed by atoms with E-state index in [2.05, 4.69) is 26.1 Å². The third-order valence-corrected chi connectivity index (χ3v) is 5.84. The molecule has 1 aromatic heterocycles. The maximum Gasteiger partial charge on any atom is 0.245 e. The van der Waals surface area contributed by atoms with Crippen LogP contribution in [0, 0.1) is 0 Å². The minimum absolute atomic E-state index is 0.0542. The van der Waals surface area contributed by atoms with E-state index in [1.807, 2.05) is 55.5 Å². The second-order valence-electron chi connectivity index (χ2n) is 9.42. The summed E-state index contributed by atoms with van der Waals surface area (Å²) in [5.41, 5.74) is 2.12. The van der Waals surface area contributed by atoms with Crippen LogP contribution in [0.2, 0.25) is 5.02 Å². The number of para-hydroxylation sites is 1. The molecular formula is C27H33ClN4O3. The molecule has 0 atom stereocenters. The lowest BCUT2D eigenvalue weighted by Gasteiger charge is -2.22. The van der Waals surface area contributed by atoms with Crippen molar-refractivity contribution < 1.29 is 14.3 Å². The number of benzene rings is 2. The van der Waals surface area contributed by atoms with Gasteiger partial charge in [-0.15, -0.1) is 0 Å². The molecule has 0 bridgehead atoms. The topological polar surface area (TPSA) is 76.5 Å². The van der Waals surface area contributed by atoms with Crippen molar-refractivity contribution in [1.82, 2.24) is 14.7 Å². The number of halogens is 1. The van der Waals surface area contributed by atoms with Crippen LogP contribution in [0.5, 0.6) is 5.75 Å². The molecule has 3 aromatic rings. The Kier molecular flexibility index (Phi) is 8.57. The Bertz CT molecular complexity index is 1170. The van der Waals surface area contributed by atoms with Gasteiger partial charge in [0.2, 0.25) is 11.8 Å². The van der Waals surface area contributed by atoms with Gasteiger partial charge in [0, 0.05) is 18.0 Å². The van der Waals surface area contributed by atoms with Gasteiger partial charge >= 0.3 is 0 Å². The van der Waals surface area contributed by atoms with Crippen molar-refractivity contribution in [1.29, 1.82) is 0 Å². The quantitative estimate of drug-likeness (QED) is 0.439. The van der Waals surface area contributed by atoms with Gasteiger partial charge in [-0.1, -0.05) is 63.6 Å². The average molecular weight is 497 g/mol. The molecule has 1 N–H and O–H groups in total. The van der Waals surface area contributed by atoms with Crippen molar-refractivity contribution in [3.05, 3.63) is 70.9 Å². The molecule has 0 aliphatic heterocycles. The zero-order valence-corrected chi connectivity index (χ0v) is 21.7. The number of nitrogens with zero attached hydrogens (tertiary/aromatic N) is 3. The molecule has 0 fully saturated rings. The van der Waals surface area contributed by atoms with E-state index in [0.717, 1.165) is 23.4 Å². The van der Waals surface area contributed by atoms with Crippen molar-refractivity contribution in [2.24, 2.45) is 0 Å². The van der Waals surface area contributed by atoms with Crippen LogP contribution in [-0.2, 0) is 21.4 Å². The third-order valence-electron chi connectivity index (χ3n) is 5.52. The van der Waals surface area contributed by atoms with Crippen LogP contribution in [0.25, 0.3) is 5.69 Å².